The molecule has 0 saturated carbocycles. The maximum absolute atomic E-state index is 14.4. The SMILES string of the molecule is CC(=Cc1ccc2c(c1)N(S(=O)(=O)c1cccc(C(F)(F)F)c1)CC([C@@H](C)N)O2)c1c(F)cccc1Cl. The van der Waals surface area contributed by atoms with Gasteiger partial charge in [-0.1, -0.05) is 35.9 Å². The molecular formula is C26H23ClF4N2O3S. The molecule has 0 saturated heterocycles. The summed E-state index contributed by atoms with van der Waals surface area (Å²) in [4.78, 5) is -0.520. The first-order valence-corrected chi connectivity index (χ1v) is 13.0. The fraction of sp³-hybridized carbons (Fsp3) is 0.231. The third-order valence-corrected chi connectivity index (χ3v) is 8.04. The fourth-order valence-corrected chi connectivity index (χ4v) is 5.88. The van der Waals surface area contributed by atoms with Crippen LogP contribution < -0.4 is 14.8 Å². The van der Waals surface area contributed by atoms with Gasteiger partial charge in [-0.2, -0.15) is 13.2 Å². The number of benzene rings is 3. The van der Waals surface area contributed by atoms with Crippen LogP contribution in [0.4, 0.5) is 23.2 Å². The molecular weight excluding hydrogens is 532 g/mol. The second kappa shape index (κ2) is 10.00. The Labute approximate surface area is 217 Å². The minimum absolute atomic E-state index is 0.121. The predicted octanol–water partition coefficient (Wildman–Crippen LogP) is 6.36. The van der Waals surface area contributed by atoms with Gasteiger partial charge in [-0.15, -0.1) is 0 Å². The lowest BCUT2D eigenvalue weighted by molar-refractivity contribution is -0.137. The second-order valence-electron chi connectivity index (χ2n) is 8.73. The maximum atomic E-state index is 14.4. The van der Waals surface area contributed by atoms with Crippen molar-refractivity contribution < 1.29 is 30.7 Å². The summed E-state index contributed by atoms with van der Waals surface area (Å²) in [6.45, 7) is 3.08. The Balaban J connectivity index is 1.82. The summed E-state index contributed by atoms with van der Waals surface area (Å²) < 4.78 is 88.4. The lowest BCUT2D eigenvalue weighted by Crippen LogP contribution is -2.50. The predicted molar refractivity (Wildman–Crippen MR) is 135 cm³/mol. The highest BCUT2D eigenvalue weighted by Gasteiger charge is 2.38. The van der Waals surface area contributed by atoms with Crippen LogP contribution in [0.2, 0.25) is 5.02 Å². The first kappa shape index (κ1) is 27.0. The average Bonchev–Trinajstić information content (AvgIpc) is 2.82. The molecule has 11 heteroatoms. The molecule has 0 spiro atoms. The smallest absolute Gasteiger partial charge is 0.416 e. The highest BCUT2D eigenvalue weighted by Crippen LogP contribution is 2.40. The van der Waals surface area contributed by atoms with Gasteiger partial charge in [0.05, 0.1) is 27.7 Å². The van der Waals surface area contributed by atoms with Crippen molar-refractivity contribution in [2.24, 2.45) is 5.73 Å². The molecule has 1 aliphatic rings. The number of hydrogen-bond acceptors (Lipinski definition) is 4. The van der Waals surface area contributed by atoms with Gasteiger partial charge in [0, 0.05) is 11.6 Å². The van der Waals surface area contributed by atoms with E-state index in [9.17, 15) is 26.0 Å². The zero-order valence-corrected chi connectivity index (χ0v) is 21.3. The van der Waals surface area contributed by atoms with E-state index < -0.39 is 44.6 Å². The second-order valence-corrected chi connectivity index (χ2v) is 11.0. The molecule has 0 aromatic heterocycles. The van der Waals surface area contributed by atoms with Gasteiger partial charge in [-0.3, -0.25) is 4.31 Å². The first-order valence-electron chi connectivity index (χ1n) is 11.2. The van der Waals surface area contributed by atoms with Gasteiger partial charge in [-0.25, -0.2) is 12.8 Å². The van der Waals surface area contributed by atoms with E-state index in [0.717, 1.165) is 22.5 Å². The van der Waals surface area contributed by atoms with Crippen molar-refractivity contribution in [2.75, 3.05) is 10.8 Å². The Morgan fingerprint density at radius 1 is 1.16 bits per heavy atom. The van der Waals surface area contributed by atoms with Crippen LogP contribution in [0.25, 0.3) is 11.6 Å². The molecule has 5 nitrogen and oxygen atoms in total. The Hall–Kier alpha value is -3.08. The number of allylic oxidation sites excluding steroid dienone is 1. The number of ether oxygens (including phenoxy) is 1. The van der Waals surface area contributed by atoms with Gasteiger partial charge in [0.2, 0.25) is 0 Å². The molecule has 4 rings (SSSR count). The van der Waals surface area contributed by atoms with E-state index in [4.69, 9.17) is 22.1 Å². The van der Waals surface area contributed by atoms with Crippen molar-refractivity contribution >= 4 is 39.0 Å². The number of sulfonamides is 1. The number of alkyl halides is 3. The van der Waals surface area contributed by atoms with Crippen molar-refractivity contribution in [3.63, 3.8) is 0 Å². The molecule has 37 heavy (non-hydrogen) atoms. The number of rotatable bonds is 5. The summed E-state index contributed by atoms with van der Waals surface area (Å²) in [5, 5.41) is 0.212. The molecule has 2 atom stereocenters. The normalized spacial score (nSPS) is 17.2. The monoisotopic (exact) mass is 554 g/mol. The van der Waals surface area contributed by atoms with E-state index in [2.05, 4.69) is 0 Å². The van der Waals surface area contributed by atoms with E-state index >= 15 is 0 Å². The highest BCUT2D eigenvalue weighted by atomic mass is 35.5. The van der Waals surface area contributed by atoms with Crippen LogP contribution in [0, 0.1) is 5.82 Å². The van der Waals surface area contributed by atoms with Crippen molar-refractivity contribution in [2.45, 2.75) is 37.1 Å². The Kier molecular flexibility index (Phi) is 7.29. The van der Waals surface area contributed by atoms with Crippen LogP contribution in [0.3, 0.4) is 0 Å². The van der Waals surface area contributed by atoms with Gasteiger partial charge in [0.25, 0.3) is 10.0 Å². The molecule has 2 N–H and O–H groups in total. The molecule has 196 valence electrons. The summed E-state index contributed by atoms with van der Waals surface area (Å²) in [5.74, 6) is -0.320. The molecule has 1 unspecified atom stereocenters. The van der Waals surface area contributed by atoms with Gasteiger partial charge in [-0.05, 0) is 67.4 Å². The molecule has 0 radical (unpaired) electrons. The Morgan fingerprint density at radius 3 is 2.51 bits per heavy atom. The third kappa shape index (κ3) is 5.46. The number of halogens is 5. The van der Waals surface area contributed by atoms with Crippen molar-refractivity contribution in [3.05, 3.63) is 88.2 Å². The third-order valence-electron chi connectivity index (χ3n) is 5.95. The number of nitrogens with zero attached hydrogens (tertiary/aromatic N) is 1. The Bertz CT molecular complexity index is 1450. The van der Waals surface area contributed by atoms with Crippen molar-refractivity contribution in [1.29, 1.82) is 0 Å². The first-order chi connectivity index (χ1) is 17.3. The van der Waals surface area contributed by atoms with Gasteiger partial charge >= 0.3 is 6.18 Å². The van der Waals surface area contributed by atoms with E-state index in [0.29, 0.717) is 17.2 Å². The average molecular weight is 555 g/mol. The van der Waals surface area contributed by atoms with Crippen LogP contribution in [0.1, 0.15) is 30.5 Å². The van der Waals surface area contributed by atoms with Gasteiger partial charge < -0.3 is 10.5 Å². The molecule has 3 aromatic carbocycles. The lowest BCUT2D eigenvalue weighted by atomic mass is 10.0. The van der Waals surface area contributed by atoms with Crippen molar-refractivity contribution in [1.82, 2.24) is 0 Å². The van der Waals surface area contributed by atoms with Crippen molar-refractivity contribution in [3.8, 4) is 5.75 Å². The number of nitrogens with two attached hydrogens (primary N) is 1. The molecule has 3 aromatic rings. The minimum Gasteiger partial charge on any atom is -0.485 e. The highest BCUT2D eigenvalue weighted by molar-refractivity contribution is 7.92. The molecule has 0 amide bonds. The zero-order valence-electron chi connectivity index (χ0n) is 19.8. The summed E-state index contributed by atoms with van der Waals surface area (Å²) in [6, 6.07) is 12.0. The van der Waals surface area contributed by atoms with E-state index in [1.54, 1.807) is 38.1 Å². The van der Waals surface area contributed by atoms with Crippen LogP contribution in [-0.2, 0) is 16.2 Å². The largest absolute Gasteiger partial charge is 0.485 e. The van der Waals surface area contributed by atoms with Gasteiger partial charge in [0.15, 0.2) is 0 Å². The van der Waals surface area contributed by atoms with Crippen LogP contribution in [0.15, 0.2) is 65.6 Å². The van der Waals surface area contributed by atoms with E-state index in [1.165, 1.54) is 18.2 Å². The quantitative estimate of drug-likeness (QED) is 0.294. The van der Waals surface area contributed by atoms with Gasteiger partial charge in [0.1, 0.15) is 17.7 Å². The molecule has 1 aliphatic heterocycles. The van der Waals surface area contributed by atoms with Crippen LogP contribution in [0.5, 0.6) is 5.75 Å². The number of anilines is 1. The zero-order chi connectivity index (χ0) is 27.1. The molecule has 1 heterocycles. The summed E-state index contributed by atoms with van der Waals surface area (Å²) >= 11 is 6.17. The lowest BCUT2D eigenvalue weighted by Gasteiger charge is -2.37. The summed E-state index contributed by atoms with van der Waals surface area (Å²) in [7, 11) is -4.44. The topological polar surface area (TPSA) is 72.6 Å². The summed E-state index contributed by atoms with van der Waals surface area (Å²) in [5.41, 5.74) is 6.21. The summed E-state index contributed by atoms with van der Waals surface area (Å²) in [6.07, 6.45) is -3.84. The number of fused-ring (bicyclic) bond motifs is 1. The number of hydrogen-bond donors (Lipinski definition) is 1. The van der Waals surface area contributed by atoms with E-state index in [-0.39, 0.29) is 28.6 Å². The molecule has 0 bridgehead atoms. The fourth-order valence-electron chi connectivity index (χ4n) is 4.04. The van der Waals surface area contributed by atoms with Crippen LogP contribution in [-0.4, -0.2) is 27.1 Å². The Morgan fingerprint density at radius 2 is 1.86 bits per heavy atom. The molecule has 0 aliphatic carbocycles. The maximum Gasteiger partial charge on any atom is 0.416 e. The van der Waals surface area contributed by atoms with Crippen LogP contribution >= 0.6 is 11.6 Å². The standard InChI is InChI=1S/C26H23ClF4N2O3S/c1-15(25-20(27)7-4-8-21(25)28)11-17-9-10-23-22(12-17)33(14-24(36-23)16(2)32)37(34,35)19-6-3-5-18(13-19)26(29,30)31/h3-13,16,24H,14,32H2,1-2H3/t16-,24?/m1/s1. The minimum atomic E-state index is -4.72. The molecule has 0 fully saturated rings. The van der Waals surface area contributed by atoms with E-state index in [1.807, 2.05) is 0 Å².